The summed E-state index contributed by atoms with van der Waals surface area (Å²) in [4.78, 5) is 15.8. The first-order valence-corrected chi connectivity index (χ1v) is 8.99. The molecular formula is C14H12BrFN2O3S. The molecule has 1 N–H and O–H groups in total. The van der Waals surface area contributed by atoms with Gasteiger partial charge in [0.15, 0.2) is 9.84 Å². The summed E-state index contributed by atoms with van der Waals surface area (Å²) in [7, 11) is -3.12. The Balaban J connectivity index is 2.13. The van der Waals surface area contributed by atoms with Crippen molar-refractivity contribution in [3.05, 3.63) is 57.9 Å². The van der Waals surface area contributed by atoms with Crippen molar-refractivity contribution in [2.75, 3.05) is 11.6 Å². The van der Waals surface area contributed by atoms with Gasteiger partial charge < -0.3 is 5.32 Å². The van der Waals surface area contributed by atoms with Crippen LogP contribution in [0.4, 0.5) is 10.2 Å². The summed E-state index contributed by atoms with van der Waals surface area (Å²) >= 11 is 3.11. The SMILES string of the molecule is CS(=O)(=O)Cc1ccc(C(=O)Nc2ncc(F)cc2Br)cc1. The van der Waals surface area contributed by atoms with E-state index in [9.17, 15) is 17.6 Å². The minimum absolute atomic E-state index is 0.0834. The van der Waals surface area contributed by atoms with Gasteiger partial charge in [0.05, 0.1) is 16.4 Å². The van der Waals surface area contributed by atoms with E-state index in [0.717, 1.165) is 12.5 Å². The molecule has 0 unspecified atom stereocenters. The molecule has 8 heteroatoms. The van der Waals surface area contributed by atoms with Crippen molar-refractivity contribution < 1.29 is 17.6 Å². The van der Waals surface area contributed by atoms with Crippen molar-refractivity contribution in [3.63, 3.8) is 0 Å². The minimum atomic E-state index is -3.12. The molecule has 1 amide bonds. The van der Waals surface area contributed by atoms with E-state index in [1.54, 1.807) is 12.1 Å². The van der Waals surface area contributed by atoms with Gasteiger partial charge in [-0.2, -0.15) is 0 Å². The summed E-state index contributed by atoms with van der Waals surface area (Å²) in [6, 6.07) is 7.38. The van der Waals surface area contributed by atoms with Crippen LogP contribution in [-0.4, -0.2) is 25.6 Å². The van der Waals surface area contributed by atoms with E-state index in [1.807, 2.05) is 0 Å². The molecule has 2 rings (SSSR count). The summed E-state index contributed by atoms with van der Waals surface area (Å²) in [6.45, 7) is 0. The Labute approximate surface area is 135 Å². The van der Waals surface area contributed by atoms with Gasteiger partial charge in [-0.05, 0) is 39.7 Å². The summed E-state index contributed by atoms with van der Waals surface area (Å²) in [5.74, 6) is -0.827. The van der Waals surface area contributed by atoms with Gasteiger partial charge in [0.2, 0.25) is 0 Å². The van der Waals surface area contributed by atoms with Crippen LogP contribution in [0, 0.1) is 5.82 Å². The van der Waals surface area contributed by atoms with Crippen molar-refractivity contribution >= 4 is 37.5 Å². The predicted molar refractivity (Wildman–Crippen MR) is 84.8 cm³/mol. The van der Waals surface area contributed by atoms with Crippen molar-refractivity contribution in [1.82, 2.24) is 4.98 Å². The van der Waals surface area contributed by atoms with Crippen LogP contribution in [-0.2, 0) is 15.6 Å². The van der Waals surface area contributed by atoms with Crippen LogP contribution in [0.3, 0.4) is 0 Å². The molecule has 0 aliphatic heterocycles. The van der Waals surface area contributed by atoms with Crippen molar-refractivity contribution in [1.29, 1.82) is 0 Å². The number of carbonyl (C=O) groups excluding carboxylic acids is 1. The Morgan fingerprint density at radius 2 is 1.95 bits per heavy atom. The van der Waals surface area contributed by atoms with Crippen LogP contribution in [0.25, 0.3) is 0 Å². The number of sulfone groups is 1. The lowest BCUT2D eigenvalue weighted by molar-refractivity contribution is 0.102. The zero-order chi connectivity index (χ0) is 16.3. The number of hydrogen-bond donors (Lipinski definition) is 1. The molecule has 1 aromatic carbocycles. The molecule has 0 spiro atoms. The van der Waals surface area contributed by atoms with E-state index in [1.165, 1.54) is 18.2 Å². The van der Waals surface area contributed by atoms with Gasteiger partial charge in [0.25, 0.3) is 5.91 Å². The highest BCUT2D eigenvalue weighted by Crippen LogP contribution is 2.21. The average Bonchev–Trinajstić information content (AvgIpc) is 2.41. The fourth-order valence-corrected chi connectivity index (χ4v) is 2.96. The Hall–Kier alpha value is -1.80. The predicted octanol–water partition coefficient (Wildman–Crippen LogP) is 2.78. The van der Waals surface area contributed by atoms with E-state index in [2.05, 4.69) is 26.2 Å². The molecule has 0 saturated heterocycles. The van der Waals surface area contributed by atoms with Crippen molar-refractivity contribution in [2.45, 2.75) is 5.75 Å². The van der Waals surface area contributed by atoms with Crippen LogP contribution in [0.15, 0.2) is 41.0 Å². The maximum Gasteiger partial charge on any atom is 0.256 e. The number of rotatable bonds is 4. The number of aromatic nitrogens is 1. The largest absolute Gasteiger partial charge is 0.306 e. The topological polar surface area (TPSA) is 76.1 Å². The fourth-order valence-electron chi connectivity index (χ4n) is 1.74. The van der Waals surface area contributed by atoms with Gasteiger partial charge in [0.1, 0.15) is 11.6 Å². The Morgan fingerprint density at radius 1 is 1.32 bits per heavy atom. The normalized spacial score (nSPS) is 11.2. The van der Waals surface area contributed by atoms with Gasteiger partial charge in [-0.15, -0.1) is 0 Å². The van der Waals surface area contributed by atoms with Crippen molar-refractivity contribution in [3.8, 4) is 0 Å². The molecule has 0 saturated carbocycles. The maximum absolute atomic E-state index is 12.9. The average molecular weight is 387 g/mol. The van der Waals surface area contributed by atoms with E-state index in [4.69, 9.17) is 0 Å². The number of halogens is 2. The second-order valence-electron chi connectivity index (χ2n) is 4.71. The quantitative estimate of drug-likeness (QED) is 0.876. The van der Waals surface area contributed by atoms with Gasteiger partial charge in [0, 0.05) is 11.8 Å². The van der Waals surface area contributed by atoms with Crippen molar-refractivity contribution in [2.24, 2.45) is 0 Å². The number of pyridine rings is 1. The van der Waals surface area contributed by atoms with Gasteiger partial charge in [-0.1, -0.05) is 12.1 Å². The molecule has 0 atom stereocenters. The van der Waals surface area contributed by atoms with Crippen LogP contribution >= 0.6 is 15.9 Å². The van der Waals surface area contributed by atoms with E-state index >= 15 is 0 Å². The maximum atomic E-state index is 12.9. The second-order valence-corrected chi connectivity index (χ2v) is 7.70. The number of nitrogens with one attached hydrogen (secondary N) is 1. The Kier molecular flexibility index (Phi) is 4.92. The molecule has 5 nitrogen and oxygen atoms in total. The number of nitrogens with zero attached hydrogens (tertiary/aromatic N) is 1. The summed E-state index contributed by atoms with van der Waals surface area (Å²) in [5, 5.41) is 2.54. The zero-order valence-corrected chi connectivity index (χ0v) is 13.9. The van der Waals surface area contributed by atoms with Gasteiger partial charge in [-0.25, -0.2) is 17.8 Å². The number of benzene rings is 1. The highest BCUT2D eigenvalue weighted by Gasteiger charge is 2.11. The van der Waals surface area contributed by atoms with Crippen LogP contribution in [0.5, 0.6) is 0 Å². The smallest absolute Gasteiger partial charge is 0.256 e. The number of hydrogen-bond acceptors (Lipinski definition) is 4. The number of anilines is 1. The van der Waals surface area contributed by atoms with Crippen LogP contribution in [0.1, 0.15) is 15.9 Å². The van der Waals surface area contributed by atoms with Crippen LogP contribution in [0.2, 0.25) is 0 Å². The Morgan fingerprint density at radius 3 is 2.50 bits per heavy atom. The molecule has 0 aliphatic carbocycles. The second kappa shape index (κ2) is 6.53. The minimum Gasteiger partial charge on any atom is -0.306 e. The molecule has 0 aliphatic rings. The summed E-state index contributed by atoms with van der Waals surface area (Å²) < 4.78 is 35.7. The zero-order valence-electron chi connectivity index (χ0n) is 11.5. The molecule has 0 fully saturated rings. The van der Waals surface area contributed by atoms with E-state index in [0.29, 0.717) is 15.6 Å². The van der Waals surface area contributed by atoms with Crippen LogP contribution < -0.4 is 5.32 Å². The van der Waals surface area contributed by atoms with Gasteiger partial charge in [-0.3, -0.25) is 4.79 Å². The monoisotopic (exact) mass is 386 g/mol. The number of carbonyl (C=O) groups is 1. The molecular weight excluding hydrogens is 375 g/mol. The van der Waals surface area contributed by atoms with E-state index < -0.39 is 21.6 Å². The first-order chi connectivity index (χ1) is 10.2. The Bertz CT molecular complexity index is 807. The molecule has 0 radical (unpaired) electrons. The third-order valence-electron chi connectivity index (χ3n) is 2.68. The van der Waals surface area contributed by atoms with E-state index in [-0.39, 0.29) is 11.6 Å². The molecule has 22 heavy (non-hydrogen) atoms. The molecule has 0 bridgehead atoms. The highest BCUT2D eigenvalue weighted by molar-refractivity contribution is 9.10. The molecule has 1 heterocycles. The third kappa shape index (κ3) is 4.60. The standard InChI is InChI=1S/C14H12BrFN2O3S/c1-22(20,21)8-9-2-4-10(5-3-9)14(19)18-13-12(15)6-11(16)7-17-13/h2-7H,8H2,1H3,(H,17,18,19). The first-order valence-electron chi connectivity index (χ1n) is 6.14. The lowest BCUT2D eigenvalue weighted by atomic mass is 10.1. The number of amides is 1. The lowest BCUT2D eigenvalue weighted by Gasteiger charge is -2.07. The molecule has 2 aromatic rings. The molecule has 116 valence electrons. The first kappa shape index (κ1) is 16.6. The fraction of sp³-hybridized carbons (Fsp3) is 0.143. The van der Waals surface area contributed by atoms with Gasteiger partial charge >= 0.3 is 0 Å². The lowest BCUT2D eigenvalue weighted by Crippen LogP contribution is -2.13. The highest BCUT2D eigenvalue weighted by atomic mass is 79.9. The summed E-state index contributed by atoms with van der Waals surface area (Å²) in [5.41, 5.74) is 0.940. The third-order valence-corrected chi connectivity index (χ3v) is 4.15. The molecule has 1 aromatic heterocycles. The summed E-state index contributed by atoms with van der Waals surface area (Å²) in [6.07, 6.45) is 2.14.